The first-order chi connectivity index (χ1) is 13.1. The van der Waals surface area contributed by atoms with Gasteiger partial charge in [0.25, 0.3) is 0 Å². The highest BCUT2D eigenvalue weighted by molar-refractivity contribution is 6.15. The van der Waals surface area contributed by atoms with E-state index < -0.39 is 5.82 Å². The van der Waals surface area contributed by atoms with Gasteiger partial charge in [0.1, 0.15) is 17.9 Å². The molecular formula is C21H15FN2O3. The Morgan fingerprint density at radius 2 is 1.96 bits per heavy atom. The summed E-state index contributed by atoms with van der Waals surface area (Å²) in [7, 11) is 1.47. The molecule has 0 saturated carbocycles. The molecule has 0 spiro atoms. The molecule has 4 rings (SSSR count). The standard InChI is InChI=1S/C21H15FN2O3/c1-27-16-3-5-18(19(22)10-16)20-9-15(23-24-20)8-14-7-13-6-12(11-25)2-4-17(13)21(14)26/h2-6,8-11H,7H2,1H3,(H,23,24)/b14-8+. The molecule has 0 amide bonds. The number of allylic oxidation sites excluding steroid dienone is 1. The summed E-state index contributed by atoms with van der Waals surface area (Å²) in [6.07, 6.45) is 2.92. The molecule has 2 aromatic carbocycles. The fourth-order valence-electron chi connectivity index (χ4n) is 3.20. The number of ketones is 1. The molecule has 0 radical (unpaired) electrons. The normalized spacial score (nSPS) is 14.4. The minimum Gasteiger partial charge on any atom is -0.497 e. The van der Waals surface area contributed by atoms with Crippen LogP contribution in [-0.4, -0.2) is 29.4 Å². The van der Waals surface area contributed by atoms with E-state index in [-0.39, 0.29) is 5.78 Å². The summed E-state index contributed by atoms with van der Waals surface area (Å²) in [6, 6.07) is 11.3. The number of nitrogens with one attached hydrogen (secondary N) is 1. The minimum atomic E-state index is -0.439. The minimum absolute atomic E-state index is 0.0748. The number of aldehydes is 1. The second kappa shape index (κ2) is 6.64. The van der Waals surface area contributed by atoms with E-state index in [2.05, 4.69) is 10.2 Å². The maximum atomic E-state index is 14.2. The number of hydrogen-bond donors (Lipinski definition) is 1. The lowest BCUT2D eigenvalue weighted by Crippen LogP contribution is -1.95. The molecule has 1 aliphatic carbocycles. The van der Waals surface area contributed by atoms with Gasteiger partial charge in [-0.1, -0.05) is 12.1 Å². The number of benzene rings is 2. The number of aromatic amines is 1. The van der Waals surface area contributed by atoms with Crippen LogP contribution >= 0.6 is 0 Å². The first-order valence-electron chi connectivity index (χ1n) is 8.31. The van der Waals surface area contributed by atoms with Crippen molar-refractivity contribution in [3.05, 3.63) is 76.2 Å². The van der Waals surface area contributed by atoms with Gasteiger partial charge in [0.05, 0.1) is 18.5 Å². The van der Waals surface area contributed by atoms with E-state index in [4.69, 9.17) is 4.74 Å². The highest BCUT2D eigenvalue weighted by Crippen LogP contribution is 2.30. The van der Waals surface area contributed by atoms with E-state index in [1.54, 1.807) is 42.5 Å². The smallest absolute Gasteiger partial charge is 0.189 e. The van der Waals surface area contributed by atoms with Crippen LogP contribution in [0.1, 0.15) is 32.0 Å². The fraction of sp³-hybridized carbons (Fsp3) is 0.0952. The van der Waals surface area contributed by atoms with Gasteiger partial charge in [0.15, 0.2) is 5.78 Å². The third-order valence-electron chi connectivity index (χ3n) is 4.56. The molecule has 6 heteroatoms. The topological polar surface area (TPSA) is 72.1 Å². The first kappa shape index (κ1) is 16.9. The van der Waals surface area contributed by atoms with E-state index in [9.17, 15) is 14.0 Å². The molecule has 27 heavy (non-hydrogen) atoms. The summed E-state index contributed by atoms with van der Waals surface area (Å²) in [5, 5.41) is 6.96. The lowest BCUT2D eigenvalue weighted by atomic mass is 10.1. The van der Waals surface area contributed by atoms with Crippen LogP contribution in [0.5, 0.6) is 5.75 Å². The molecule has 0 aliphatic heterocycles. The number of methoxy groups -OCH3 is 1. The summed E-state index contributed by atoms with van der Waals surface area (Å²) >= 11 is 0. The van der Waals surface area contributed by atoms with Crippen LogP contribution < -0.4 is 4.74 Å². The number of aromatic nitrogens is 2. The Morgan fingerprint density at radius 1 is 1.15 bits per heavy atom. The second-order valence-electron chi connectivity index (χ2n) is 6.26. The molecule has 3 aromatic rings. The van der Waals surface area contributed by atoms with Gasteiger partial charge < -0.3 is 4.74 Å². The van der Waals surface area contributed by atoms with E-state index in [1.807, 2.05) is 0 Å². The van der Waals surface area contributed by atoms with E-state index in [0.717, 1.165) is 11.8 Å². The Kier molecular flexibility index (Phi) is 4.16. The molecule has 0 fully saturated rings. The molecule has 1 aliphatic rings. The molecule has 5 nitrogen and oxygen atoms in total. The molecular weight excluding hydrogens is 347 g/mol. The highest BCUT2D eigenvalue weighted by atomic mass is 19.1. The zero-order chi connectivity index (χ0) is 19.0. The number of Topliss-reactive ketones (excluding diaryl/α,β-unsaturated/α-hetero) is 1. The summed E-state index contributed by atoms with van der Waals surface area (Å²) in [5.74, 6) is -0.0850. The number of rotatable bonds is 4. The fourth-order valence-corrected chi connectivity index (χ4v) is 3.20. The summed E-state index contributed by atoms with van der Waals surface area (Å²) in [5.41, 5.74) is 3.96. The molecule has 0 unspecified atom stereocenters. The van der Waals surface area contributed by atoms with Gasteiger partial charge in [-0.3, -0.25) is 14.7 Å². The molecule has 0 saturated heterocycles. The van der Waals surface area contributed by atoms with Crippen LogP contribution in [0.15, 0.2) is 48.0 Å². The van der Waals surface area contributed by atoms with Crippen LogP contribution in [-0.2, 0) is 6.42 Å². The van der Waals surface area contributed by atoms with Crippen LogP contribution in [0, 0.1) is 5.82 Å². The van der Waals surface area contributed by atoms with Crippen molar-refractivity contribution >= 4 is 18.1 Å². The van der Waals surface area contributed by atoms with Gasteiger partial charge in [-0.25, -0.2) is 4.39 Å². The summed E-state index contributed by atoms with van der Waals surface area (Å²) < 4.78 is 19.2. The third-order valence-corrected chi connectivity index (χ3v) is 4.56. The van der Waals surface area contributed by atoms with Crippen molar-refractivity contribution in [1.29, 1.82) is 0 Å². The Morgan fingerprint density at radius 3 is 2.70 bits per heavy atom. The van der Waals surface area contributed by atoms with E-state index >= 15 is 0 Å². The lowest BCUT2D eigenvalue weighted by Gasteiger charge is -2.02. The van der Waals surface area contributed by atoms with Crippen molar-refractivity contribution in [3.8, 4) is 17.0 Å². The molecule has 1 aromatic heterocycles. The lowest BCUT2D eigenvalue weighted by molar-refractivity contribution is 0.103. The SMILES string of the molecule is COc1ccc(-c2cc(/C=C3\Cc4cc(C=O)ccc4C3=O)[nH]n2)c(F)c1. The molecule has 1 N–H and O–H groups in total. The predicted octanol–water partition coefficient (Wildman–Crippen LogP) is 3.86. The molecule has 134 valence electrons. The van der Waals surface area contributed by atoms with E-state index in [1.165, 1.54) is 13.2 Å². The van der Waals surface area contributed by atoms with Gasteiger partial charge in [0.2, 0.25) is 0 Å². The number of ether oxygens (including phenoxy) is 1. The van der Waals surface area contributed by atoms with Crippen LogP contribution in [0.4, 0.5) is 4.39 Å². The second-order valence-corrected chi connectivity index (χ2v) is 6.26. The van der Waals surface area contributed by atoms with Gasteiger partial charge in [0, 0.05) is 34.8 Å². The maximum Gasteiger partial charge on any atom is 0.189 e. The van der Waals surface area contributed by atoms with Crippen molar-refractivity contribution in [2.75, 3.05) is 7.11 Å². The monoisotopic (exact) mass is 362 g/mol. The Labute approximate surface area is 154 Å². The van der Waals surface area contributed by atoms with Crippen LogP contribution in [0.3, 0.4) is 0 Å². The van der Waals surface area contributed by atoms with Crippen molar-refractivity contribution in [2.45, 2.75) is 6.42 Å². The number of carbonyl (C=O) groups is 2. The number of hydrogen-bond acceptors (Lipinski definition) is 4. The van der Waals surface area contributed by atoms with Crippen LogP contribution in [0.25, 0.3) is 17.3 Å². The van der Waals surface area contributed by atoms with Gasteiger partial charge in [-0.2, -0.15) is 5.10 Å². The third kappa shape index (κ3) is 3.06. The Bertz CT molecular complexity index is 1100. The number of carbonyl (C=O) groups excluding carboxylic acids is 2. The highest BCUT2D eigenvalue weighted by Gasteiger charge is 2.25. The number of fused-ring (bicyclic) bond motifs is 1. The quantitative estimate of drug-likeness (QED) is 0.565. The first-order valence-corrected chi connectivity index (χ1v) is 8.31. The number of H-pyrrole nitrogens is 1. The van der Waals surface area contributed by atoms with Crippen molar-refractivity contribution < 1.29 is 18.7 Å². The zero-order valence-electron chi connectivity index (χ0n) is 14.5. The van der Waals surface area contributed by atoms with Gasteiger partial charge in [-0.05, 0) is 35.9 Å². The average Bonchev–Trinajstić information content (AvgIpc) is 3.26. The summed E-state index contributed by atoms with van der Waals surface area (Å²) in [6.45, 7) is 0. The molecule has 0 atom stereocenters. The van der Waals surface area contributed by atoms with Crippen molar-refractivity contribution in [1.82, 2.24) is 10.2 Å². The van der Waals surface area contributed by atoms with Crippen molar-refractivity contribution in [3.63, 3.8) is 0 Å². The zero-order valence-corrected chi connectivity index (χ0v) is 14.5. The Hall–Kier alpha value is -3.54. The number of nitrogens with zero attached hydrogens (tertiary/aromatic N) is 1. The van der Waals surface area contributed by atoms with Gasteiger partial charge >= 0.3 is 0 Å². The van der Waals surface area contributed by atoms with Crippen LogP contribution in [0.2, 0.25) is 0 Å². The van der Waals surface area contributed by atoms with Crippen molar-refractivity contribution in [2.24, 2.45) is 0 Å². The molecule has 0 bridgehead atoms. The Balaban J connectivity index is 1.63. The number of halogens is 1. The van der Waals surface area contributed by atoms with E-state index in [0.29, 0.717) is 45.8 Å². The average molecular weight is 362 g/mol. The predicted molar refractivity (Wildman–Crippen MR) is 98.4 cm³/mol. The summed E-state index contributed by atoms with van der Waals surface area (Å²) in [4.78, 5) is 23.5. The maximum absolute atomic E-state index is 14.2. The largest absolute Gasteiger partial charge is 0.497 e. The van der Waals surface area contributed by atoms with Gasteiger partial charge in [-0.15, -0.1) is 0 Å². The molecule has 1 heterocycles.